The van der Waals surface area contributed by atoms with E-state index in [0.29, 0.717) is 6.61 Å². The van der Waals surface area contributed by atoms with Crippen LogP contribution in [0.3, 0.4) is 0 Å². The average Bonchev–Trinajstić information content (AvgIpc) is 2.61. The van der Waals surface area contributed by atoms with Crippen molar-refractivity contribution in [2.45, 2.75) is 20.0 Å². The van der Waals surface area contributed by atoms with Crippen LogP contribution in [0.4, 0.5) is 8.78 Å². The molecular formula is C9H10F2O3S. The van der Waals surface area contributed by atoms with Crippen LogP contribution in [0.1, 0.15) is 23.0 Å². The number of carbonyl (C=O) groups is 1. The van der Waals surface area contributed by atoms with Crippen LogP contribution in [0.5, 0.6) is 5.75 Å². The lowest BCUT2D eigenvalue weighted by Gasteiger charge is -2.00. The topological polar surface area (TPSA) is 35.5 Å². The van der Waals surface area contributed by atoms with E-state index < -0.39 is 12.6 Å². The summed E-state index contributed by atoms with van der Waals surface area (Å²) in [7, 11) is 0. The number of hydrogen-bond acceptors (Lipinski definition) is 4. The van der Waals surface area contributed by atoms with E-state index in [0.717, 1.165) is 17.8 Å². The van der Waals surface area contributed by atoms with Crippen LogP contribution in [0, 0.1) is 0 Å². The molecule has 1 aromatic rings. The molecule has 1 heterocycles. The Hall–Kier alpha value is -1.17. The van der Waals surface area contributed by atoms with Crippen LogP contribution in [-0.2, 0) is 4.74 Å². The molecule has 0 spiro atoms. The molecule has 0 aliphatic rings. The molecule has 0 amide bonds. The zero-order valence-corrected chi connectivity index (χ0v) is 8.85. The Morgan fingerprint density at radius 3 is 2.93 bits per heavy atom. The van der Waals surface area contributed by atoms with E-state index in [1.807, 2.05) is 6.92 Å². The van der Waals surface area contributed by atoms with Gasteiger partial charge in [-0.1, -0.05) is 6.92 Å². The highest BCUT2D eigenvalue weighted by Crippen LogP contribution is 2.23. The van der Waals surface area contributed by atoms with Gasteiger partial charge in [-0.2, -0.15) is 8.78 Å². The number of carbonyl (C=O) groups excluding carboxylic acids is 1. The molecule has 0 aliphatic heterocycles. The van der Waals surface area contributed by atoms with Crippen LogP contribution in [-0.4, -0.2) is 19.2 Å². The van der Waals surface area contributed by atoms with Crippen molar-refractivity contribution in [3.8, 4) is 5.75 Å². The van der Waals surface area contributed by atoms with E-state index in [4.69, 9.17) is 4.74 Å². The molecule has 84 valence electrons. The quantitative estimate of drug-likeness (QED) is 0.737. The summed E-state index contributed by atoms with van der Waals surface area (Å²) in [5.41, 5.74) is 0. The maximum absolute atomic E-state index is 11.8. The Kier molecular flexibility index (Phi) is 4.48. The van der Waals surface area contributed by atoms with Crippen LogP contribution in [0.15, 0.2) is 11.4 Å². The van der Waals surface area contributed by atoms with Crippen LogP contribution in [0.25, 0.3) is 0 Å². The Morgan fingerprint density at radius 1 is 1.60 bits per heavy atom. The van der Waals surface area contributed by atoms with E-state index in [1.54, 1.807) is 0 Å². The number of hydrogen-bond donors (Lipinski definition) is 0. The molecular weight excluding hydrogens is 226 g/mol. The number of ether oxygens (including phenoxy) is 2. The largest absolute Gasteiger partial charge is 0.462 e. The summed E-state index contributed by atoms with van der Waals surface area (Å²) in [6, 6.07) is 1.24. The lowest BCUT2D eigenvalue weighted by Crippen LogP contribution is -2.04. The maximum Gasteiger partial charge on any atom is 0.387 e. The maximum atomic E-state index is 11.8. The molecule has 0 aromatic carbocycles. The van der Waals surface area contributed by atoms with E-state index >= 15 is 0 Å². The average molecular weight is 236 g/mol. The molecule has 0 fully saturated rings. The molecule has 1 rings (SSSR count). The molecule has 1 aromatic heterocycles. The SMILES string of the molecule is CCCOC(=O)c1cc(OC(F)F)cs1. The highest BCUT2D eigenvalue weighted by atomic mass is 32.1. The molecule has 15 heavy (non-hydrogen) atoms. The number of halogens is 2. The second-order valence-electron chi connectivity index (χ2n) is 2.66. The summed E-state index contributed by atoms with van der Waals surface area (Å²) >= 11 is 1.02. The molecule has 0 unspecified atom stereocenters. The van der Waals surface area contributed by atoms with Crippen LogP contribution in [0.2, 0.25) is 0 Å². The zero-order valence-electron chi connectivity index (χ0n) is 8.04. The summed E-state index contributed by atoms with van der Waals surface area (Å²) in [5, 5.41) is 1.34. The fourth-order valence-corrected chi connectivity index (χ4v) is 1.56. The number of rotatable bonds is 5. The summed E-state index contributed by atoms with van der Waals surface area (Å²) in [5.74, 6) is -0.524. The molecule has 0 N–H and O–H groups in total. The van der Waals surface area contributed by atoms with Crippen molar-refractivity contribution in [3.63, 3.8) is 0 Å². The van der Waals surface area contributed by atoms with Gasteiger partial charge in [0.15, 0.2) is 0 Å². The van der Waals surface area contributed by atoms with Gasteiger partial charge >= 0.3 is 12.6 Å². The second-order valence-corrected chi connectivity index (χ2v) is 3.57. The summed E-state index contributed by atoms with van der Waals surface area (Å²) in [4.78, 5) is 11.5. The van der Waals surface area contributed by atoms with Gasteiger partial charge < -0.3 is 9.47 Å². The minimum Gasteiger partial charge on any atom is -0.462 e. The molecule has 0 radical (unpaired) electrons. The van der Waals surface area contributed by atoms with Crippen molar-refractivity contribution >= 4 is 17.3 Å². The Morgan fingerprint density at radius 2 is 2.33 bits per heavy atom. The monoisotopic (exact) mass is 236 g/mol. The molecule has 0 bridgehead atoms. The molecule has 0 saturated heterocycles. The second kappa shape index (κ2) is 5.65. The predicted molar refractivity (Wildman–Crippen MR) is 51.5 cm³/mol. The standard InChI is InChI=1S/C9H10F2O3S/c1-2-3-13-8(12)7-4-6(5-15-7)14-9(10)11/h4-5,9H,2-3H2,1H3. The summed E-state index contributed by atoms with van der Waals surface area (Å²) in [6.45, 7) is -0.687. The fourth-order valence-electron chi connectivity index (χ4n) is 0.856. The van der Waals surface area contributed by atoms with Crippen molar-refractivity contribution in [2.24, 2.45) is 0 Å². The number of alkyl halides is 2. The van der Waals surface area contributed by atoms with Gasteiger partial charge in [-0.05, 0) is 6.42 Å². The highest BCUT2D eigenvalue weighted by Gasteiger charge is 2.12. The van der Waals surface area contributed by atoms with Gasteiger partial charge in [0.05, 0.1) is 6.61 Å². The van der Waals surface area contributed by atoms with E-state index in [1.165, 1.54) is 11.4 Å². The minimum atomic E-state index is -2.88. The normalized spacial score (nSPS) is 10.4. The molecule has 0 aliphatic carbocycles. The molecule has 6 heteroatoms. The fraction of sp³-hybridized carbons (Fsp3) is 0.444. The van der Waals surface area contributed by atoms with Crippen molar-refractivity contribution in [1.82, 2.24) is 0 Å². The van der Waals surface area contributed by atoms with Crippen molar-refractivity contribution < 1.29 is 23.0 Å². The molecule has 0 atom stereocenters. The summed E-state index contributed by atoms with van der Waals surface area (Å²) < 4.78 is 32.5. The van der Waals surface area contributed by atoms with Gasteiger partial charge in [0, 0.05) is 11.4 Å². The number of thiophene rings is 1. The summed E-state index contributed by atoms with van der Waals surface area (Å²) in [6.07, 6.45) is 0.720. The Labute approximate surface area is 89.6 Å². The van der Waals surface area contributed by atoms with Crippen LogP contribution < -0.4 is 4.74 Å². The van der Waals surface area contributed by atoms with E-state index in [2.05, 4.69) is 4.74 Å². The Bertz CT molecular complexity index is 325. The van der Waals surface area contributed by atoms with Crippen molar-refractivity contribution in [2.75, 3.05) is 6.61 Å². The first kappa shape index (κ1) is 11.9. The van der Waals surface area contributed by atoms with Gasteiger partial charge in [-0.15, -0.1) is 11.3 Å². The van der Waals surface area contributed by atoms with Gasteiger partial charge in [0.25, 0.3) is 0 Å². The third-order valence-electron chi connectivity index (χ3n) is 1.44. The van der Waals surface area contributed by atoms with Gasteiger partial charge in [-0.3, -0.25) is 0 Å². The first-order valence-electron chi connectivity index (χ1n) is 4.34. The minimum absolute atomic E-state index is 0.0153. The smallest absolute Gasteiger partial charge is 0.387 e. The first-order chi connectivity index (χ1) is 7.13. The number of esters is 1. The lowest BCUT2D eigenvalue weighted by molar-refractivity contribution is -0.0496. The van der Waals surface area contributed by atoms with Crippen LogP contribution >= 0.6 is 11.3 Å². The lowest BCUT2D eigenvalue weighted by atomic mass is 10.4. The predicted octanol–water partition coefficient (Wildman–Crippen LogP) is 2.92. The van der Waals surface area contributed by atoms with Gasteiger partial charge in [0.2, 0.25) is 0 Å². The van der Waals surface area contributed by atoms with Crippen molar-refractivity contribution in [1.29, 1.82) is 0 Å². The van der Waals surface area contributed by atoms with E-state index in [-0.39, 0.29) is 10.6 Å². The molecule has 3 nitrogen and oxygen atoms in total. The van der Waals surface area contributed by atoms with Crippen molar-refractivity contribution in [3.05, 3.63) is 16.3 Å². The third-order valence-corrected chi connectivity index (χ3v) is 2.33. The third kappa shape index (κ3) is 3.83. The van der Waals surface area contributed by atoms with E-state index in [9.17, 15) is 13.6 Å². The van der Waals surface area contributed by atoms with Gasteiger partial charge in [-0.25, -0.2) is 4.79 Å². The zero-order chi connectivity index (χ0) is 11.3. The Balaban J connectivity index is 2.55. The van der Waals surface area contributed by atoms with Gasteiger partial charge in [0.1, 0.15) is 10.6 Å². The first-order valence-corrected chi connectivity index (χ1v) is 5.22. The highest BCUT2D eigenvalue weighted by molar-refractivity contribution is 7.12. The molecule has 0 saturated carbocycles.